The van der Waals surface area contributed by atoms with Crippen LogP contribution in [0.5, 0.6) is 0 Å². The predicted molar refractivity (Wildman–Crippen MR) is 45.8 cm³/mol. The van der Waals surface area contributed by atoms with Gasteiger partial charge in [-0.3, -0.25) is 0 Å². The van der Waals surface area contributed by atoms with Crippen LogP contribution in [0.2, 0.25) is 0 Å². The molecule has 1 aromatic rings. The minimum absolute atomic E-state index is 0.880. The van der Waals surface area contributed by atoms with Gasteiger partial charge in [0.15, 0.2) is 0 Å². The molecule has 0 spiro atoms. The highest BCUT2D eigenvalue weighted by atomic mass is 15.1. The van der Waals surface area contributed by atoms with E-state index in [-0.39, 0.29) is 0 Å². The molecule has 1 rings (SSSR count). The first kappa shape index (κ1) is 7.66. The molecule has 0 fully saturated rings. The second kappa shape index (κ2) is 4.39. The van der Waals surface area contributed by atoms with Crippen molar-refractivity contribution in [2.45, 2.75) is 6.92 Å². The van der Waals surface area contributed by atoms with Crippen molar-refractivity contribution in [3.63, 3.8) is 0 Å². The van der Waals surface area contributed by atoms with Crippen LogP contribution in [0.3, 0.4) is 0 Å². The van der Waals surface area contributed by atoms with Crippen LogP contribution < -0.4 is 0 Å². The second-order valence-electron chi connectivity index (χ2n) is 2.03. The van der Waals surface area contributed by atoms with E-state index in [1.807, 2.05) is 43.3 Å². The van der Waals surface area contributed by atoms with Gasteiger partial charge >= 0.3 is 0 Å². The minimum Gasteiger partial charge on any atom is -0.159 e. The SMILES string of the molecule is C/C=C/N=N/c1ccccc1. The molecule has 0 N–H and O–H groups in total. The Morgan fingerprint density at radius 3 is 2.55 bits per heavy atom. The lowest BCUT2D eigenvalue weighted by atomic mass is 10.3. The van der Waals surface area contributed by atoms with Crippen LogP contribution >= 0.6 is 0 Å². The maximum Gasteiger partial charge on any atom is 0.0856 e. The van der Waals surface area contributed by atoms with Crippen molar-refractivity contribution >= 4 is 5.69 Å². The maximum absolute atomic E-state index is 3.93. The van der Waals surface area contributed by atoms with E-state index in [0.717, 1.165) is 5.69 Å². The summed E-state index contributed by atoms with van der Waals surface area (Å²) >= 11 is 0. The molecule has 0 radical (unpaired) electrons. The van der Waals surface area contributed by atoms with Gasteiger partial charge < -0.3 is 0 Å². The summed E-state index contributed by atoms with van der Waals surface area (Å²) in [5.74, 6) is 0. The summed E-state index contributed by atoms with van der Waals surface area (Å²) in [6, 6.07) is 9.64. The smallest absolute Gasteiger partial charge is 0.0856 e. The van der Waals surface area contributed by atoms with Crippen LogP contribution in [0.1, 0.15) is 6.92 Å². The third kappa shape index (κ3) is 2.76. The zero-order chi connectivity index (χ0) is 7.94. The molecule has 56 valence electrons. The van der Waals surface area contributed by atoms with E-state index in [0.29, 0.717) is 0 Å². The molecule has 0 aromatic heterocycles. The summed E-state index contributed by atoms with van der Waals surface area (Å²) < 4.78 is 0. The number of nitrogens with zero attached hydrogens (tertiary/aromatic N) is 2. The summed E-state index contributed by atoms with van der Waals surface area (Å²) in [6.45, 7) is 1.91. The van der Waals surface area contributed by atoms with Crippen molar-refractivity contribution in [1.82, 2.24) is 0 Å². The Balaban J connectivity index is 2.64. The number of hydrogen-bond donors (Lipinski definition) is 0. The summed E-state index contributed by atoms with van der Waals surface area (Å²) in [6.07, 6.45) is 3.50. The Morgan fingerprint density at radius 2 is 1.91 bits per heavy atom. The molecule has 0 bridgehead atoms. The quantitative estimate of drug-likeness (QED) is 0.572. The highest BCUT2D eigenvalue weighted by Gasteiger charge is 1.80. The first-order chi connectivity index (χ1) is 5.43. The molecule has 0 saturated carbocycles. The third-order valence-electron chi connectivity index (χ3n) is 1.15. The van der Waals surface area contributed by atoms with Crippen LogP contribution in [-0.2, 0) is 0 Å². The van der Waals surface area contributed by atoms with Gasteiger partial charge in [-0.1, -0.05) is 24.3 Å². The Morgan fingerprint density at radius 1 is 1.18 bits per heavy atom. The zero-order valence-electron chi connectivity index (χ0n) is 6.44. The topological polar surface area (TPSA) is 24.7 Å². The molecule has 2 heteroatoms. The van der Waals surface area contributed by atoms with Crippen LogP contribution in [0.15, 0.2) is 52.8 Å². The first-order valence-electron chi connectivity index (χ1n) is 3.50. The molecule has 0 aliphatic rings. The lowest BCUT2D eigenvalue weighted by Gasteiger charge is -1.86. The average Bonchev–Trinajstić information content (AvgIpc) is 2.07. The highest BCUT2D eigenvalue weighted by Crippen LogP contribution is 2.09. The van der Waals surface area contributed by atoms with Crippen LogP contribution in [0.4, 0.5) is 5.69 Å². The number of rotatable bonds is 2. The van der Waals surface area contributed by atoms with Gasteiger partial charge in [0.1, 0.15) is 0 Å². The fourth-order valence-electron chi connectivity index (χ4n) is 0.661. The number of benzene rings is 1. The lowest BCUT2D eigenvalue weighted by molar-refractivity contribution is 1.22. The molecule has 0 unspecified atom stereocenters. The van der Waals surface area contributed by atoms with Gasteiger partial charge in [0.05, 0.1) is 5.69 Å². The minimum atomic E-state index is 0.880. The summed E-state index contributed by atoms with van der Waals surface area (Å²) in [7, 11) is 0. The fraction of sp³-hybridized carbons (Fsp3) is 0.111. The van der Waals surface area contributed by atoms with Crippen LogP contribution in [0.25, 0.3) is 0 Å². The normalized spacial score (nSPS) is 11.4. The van der Waals surface area contributed by atoms with E-state index < -0.39 is 0 Å². The van der Waals surface area contributed by atoms with E-state index in [1.165, 1.54) is 0 Å². The van der Waals surface area contributed by atoms with Crippen LogP contribution in [-0.4, -0.2) is 0 Å². The van der Waals surface area contributed by atoms with Crippen molar-refractivity contribution < 1.29 is 0 Å². The van der Waals surface area contributed by atoms with Crippen molar-refractivity contribution in [2.75, 3.05) is 0 Å². The van der Waals surface area contributed by atoms with Crippen LogP contribution in [0, 0.1) is 0 Å². The molecule has 0 heterocycles. The van der Waals surface area contributed by atoms with Gasteiger partial charge in [-0.15, -0.1) is 0 Å². The maximum atomic E-state index is 3.93. The summed E-state index contributed by atoms with van der Waals surface area (Å²) in [5, 5.41) is 7.74. The summed E-state index contributed by atoms with van der Waals surface area (Å²) in [4.78, 5) is 0. The van der Waals surface area contributed by atoms with Gasteiger partial charge in [-0.05, 0) is 19.1 Å². The van der Waals surface area contributed by atoms with Gasteiger partial charge in [0, 0.05) is 6.20 Å². The van der Waals surface area contributed by atoms with E-state index in [1.54, 1.807) is 6.20 Å². The van der Waals surface area contributed by atoms with E-state index in [2.05, 4.69) is 10.2 Å². The summed E-state index contributed by atoms with van der Waals surface area (Å²) in [5.41, 5.74) is 0.880. The highest BCUT2D eigenvalue weighted by molar-refractivity contribution is 5.34. The van der Waals surface area contributed by atoms with E-state index in [9.17, 15) is 0 Å². The zero-order valence-corrected chi connectivity index (χ0v) is 6.44. The van der Waals surface area contributed by atoms with Gasteiger partial charge in [0.2, 0.25) is 0 Å². The average molecular weight is 146 g/mol. The van der Waals surface area contributed by atoms with Crippen molar-refractivity contribution in [3.8, 4) is 0 Å². The third-order valence-corrected chi connectivity index (χ3v) is 1.15. The Kier molecular flexibility index (Phi) is 3.06. The fourth-order valence-corrected chi connectivity index (χ4v) is 0.661. The number of azo groups is 1. The number of allylic oxidation sites excluding steroid dienone is 1. The molecule has 1 aromatic carbocycles. The molecule has 0 atom stereocenters. The molecule has 2 nitrogen and oxygen atoms in total. The standard InChI is InChI=1S/C9H10N2/c1-2-8-10-11-9-6-4-3-5-7-9/h2-8H,1H3/b8-2+,11-10+. The molecule has 11 heavy (non-hydrogen) atoms. The van der Waals surface area contributed by atoms with Crippen molar-refractivity contribution in [1.29, 1.82) is 0 Å². The second-order valence-corrected chi connectivity index (χ2v) is 2.03. The predicted octanol–water partition coefficient (Wildman–Crippen LogP) is 3.30. The number of hydrogen-bond acceptors (Lipinski definition) is 2. The van der Waals surface area contributed by atoms with Crippen molar-refractivity contribution in [3.05, 3.63) is 42.6 Å². The monoisotopic (exact) mass is 146 g/mol. The lowest BCUT2D eigenvalue weighted by Crippen LogP contribution is -1.58. The molecular formula is C9H10N2. The molecule has 0 aliphatic carbocycles. The molecule has 0 saturated heterocycles. The molecule has 0 aliphatic heterocycles. The van der Waals surface area contributed by atoms with Gasteiger partial charge in [-0.2, -0.15) is 10.2 Å². The van der Waals surface area contributed by atoms with Crippen molar-refractivity contribution in [2.24, 2.45) is 10.2 Å². The van der Waals surface area contributed by atoms with Gasteiger partial charge in [0.25, 0.3) is 0 Å². The molecular weight excluding hydrogens is 136 g/mol. The molecule has 0 amide bonds. The Bertz CT molecular complexity index is 250. The van der Waals surface area contributed by atoms with Gasteiger partial charge in [-0.25, -0.2) is 0 Å². The Hall–Kier alpha value is -1.44. The van der Waals surface area contributed by atoms with E-state index >= 15 is 0 Å². The first-order valence-corrected chi connectivity index (χ1v) is 3.50. The van der Waals surface area contributed by atoms with E-state index in [4.69, 9.17) is 0 Å². The largest absolute Gasteiger partial charge is 0.159 e. The Labute approximate surface area is 66.3 Å².